The molecule has 1 N–H and O–H groups in total. The summed E-state index contributed by atoms with van der Waals surface area (Å²) in [5.74, 6) is -0.294. The molecule has 2 aromatic carbocycles. The molecule has 1 amide bonds. The molecule has 1 aliphatic heterocycles. The van der Waals surface area contributed by atoms with Crippen LogP contribution in [0.4, 0.5) is 13.2 Å². The first-order chi connectivity index (χ1) is 14.6. The van der Waals surface area contributed by atoms with Crippen molar-refractivity contribution in [2.45, 2.75) is 24.0 Å². The lowest BCUT2D eigenvalue weighted by molar-refractivity contribution is -0.137. The van der Waals surface area contributed by atoms with Gasteiger partial charge in [-0.15, -0.1) is 0 Å². The van der Waals surface area contributed by atoms with Gasteiger partial charge in [-0.1, -0.05) is 12.1 Å². The lowest BCUT2D eigenvalue weighted by Gasteiger charge is -2.22. The van der Waals surface area contributed by atoms with Crippen LogP contribution < -0.4 is 5.32 Å². The summed E-state index contributed by atoms with van der Waals surface area (Å²) < 4.78 is 65.5. The lowest BCUT2D eigenvalue weighted by Crippen LogP contribution is -2.35. The highest BCUT2D eigenvalue weighted by atomic mass is 32.2. The number of hydrogen-bond donors (Lipinski definition) is 1. The van der Waals surface area contributed by atoms with Crippen LogP contribution in [0, 0.1) is 0 Å². The number of benzene rings is 2. The highest BCUT2D eigenvalue weighted by molar-refractivity contribution is 7.89. The Morgan fingerprint density at radius 3 is 2.19 bits per heavy atom. The number of sulfonamides is 1. The molecule has 0 radical (unpaired) electrons. The molecule has 31 heavy (non-hydrogen) atoms. The van der Waals surface area contributed by atoms with E-state index >= 15 is 0 Å². The topological polar surface area (TPSA) is 69.7 Å². The maximum Gasteiger partial charge on any atom is 0.416 e. The first-order valence-corrected chi connectivity index (χ1v) is 11.3. The lowest BCUT2D eigenvalue weighted by atomic mass is 10.1. The highest BCUT2D eigenvalue weighted by Crippen LogP contribution is 2.29. The molecule has 1 saturated heterocycles. The minimum absolute atomic E-state index is 0.122. The van der Waals surface area contributed by atoms with E-state index in [1.54, 1.807) is 0 Å². The van der Waals surface area contributed by atoms with E-state index in [0.717, 1.165) is 17.7 Å². The van der Waals surface area contributed by atoms with Crippen molar-refractivity contribution < 1.29 is 26.4 Å². The smallest absolute Gasteiger partial charge is 0.355 e. The number of nitrogens with zero attached hydrogens (tertiary/aromatic N) is 2. The molecule has 6 nitrogen and oxygen atoms in total. The quantitative estimate of drug-likeness (QED) is 0.753. The standard InChI is InChI=1S/C21H24F3N3O3S/c1-25-20(28)17-5-9-19(10-6-17)31(29,30)27-12-2-11-26(13-14-27)15-16-3-7-18(8-4-16)21(22,23)24/h3-10H,2,11-15H2,1H3,(H,25,28). The fourth-order valence-electron chi connectivity index (χ4n) is 3.47. The van der Waals surface area contributed by atoms with Crippen LogP contribution in [-0.2, 0) is 22.7 Å². The SMILES string of the molecule is CNC(=O)c1ccc(S(=O)(=O)N2CCCN(Cc3ccc(C(F)(F)F)cc3)CC2)cc1. The number of carbonyl (C=O) groups excluding carboxylic acids is 1. The first kappa shape index (κ1) is 23.2. The van der Waals surface area contributed by atoms with Crippen molar-refractivity contribution in [1.82, 2.24) is 14.5 Å². The molecule has 0 bridgehead atoms. The molecule has 0 saturated carbocycles. The monoisotopic (exact) mass is 455 g/mol. The number of rotatable bonds is 5. The van der Waals surface area contributed by atoms with Crippen LogP contribution in [0.2, 0.25) is 0 Å². The van der Waals surface area contributed by atoms with Crippen LogP contribution in [0.15, 0.2) is 53.4 Å². The number of halogens is 3. The third kappa shape index (κ3) is 5.63. The summed E-state index contributed by atoms with van der Waals surface area (Å²) in [6.45, 7) is 2.19. The van der Waals surface area contributed by atoms with Crippen LogP contribution in [-0.4, -0.2) is 56.8 Å². The van der Waals surface area contributed by atoms with Gasteiger partial charge in [-0.05, 0) is 54.9 Å². The number of hydrogen-bond acceptors (Lipinski definition) is 4. The molecule has 0 atom stereocenters. The maximum atomic E-state index is 13.0. The van der Waals surface area contributed by atoms with Gasteiger partial charge in [0.1, 0.15) is 0 Å². The van der Waals surface area contributed by atoms with Crippen molar-refractivity contribution in [2.75, 3.05) is 33.2 Å². The molecule has 1 aliphatic rings. The van der Waals surface area contributed by atoms with Crippen molar-refractivity contribution in [2.24, 2.45) is 0 Å². The summed E-state index contributed by atoms with van der Waals surface area (Å²) in [7, 11) is -2.20. The van der Waals surface area contributed by atoms with Gasteiger partial charge in [0.25, 0.3) is 5.91 Å². The molecule has 0 aromatic heterocycles. The fourth-order valence-corrected chi connectivity index (χ4v) is 4.94. The molecule has 2 aromatic rings. The van der Waals surface area contributed by atoms with Crippen molar-refractivity contribution >= 4 is 15.9 Å². The number of alkyl halides is 3. The minimum Gasteiger partial charge on any atom is -0.355 e. The van der Waals surface area contributed by atoms with Gasteiger partial charge < -0.3 is 5.32 Å². The molecular weight excluding hydrogens is 431 g/mol. The second-order valence-corrected chi connectivity index (χ2v) is 9.27. The zero-order chi connectivity index (χ0) is 22.6. The Morgan fingerprint density at radius 1 is 0.968 bits per heavy atom. The van der Waals surface area contributed by atoms with Gasteiger partial charge in [-0.3, -0.25) is 9.69 Å². The van der Waals surface area contributed by atoms with Crippen LogP contribution in [0.1, 0.15) is 27.9 Å². The third-order valence-electron chi connectivity index (χ3n) is 5.22. The Kier molecular flexibility index (Phi) is 7.03. The minimum atomic E-state index is -4.37. The summed E-state index contributed by atoms with van der Waals surface area (Å²) in [4.78, 5) is 13.8. The molecule has 0 spiro atoms. The van der Waals surface area contributed by atoms with Crippen LogP contribution in [0.25, 0.3) is 0 Å². The van der Waals surface area contributed by atoms with E-state index in [4.69, 9.17) is 0 Å². The van der Waals surface area contributed by atoms with Crippen LogP contribution in [0.5, 0.6) is 0 Å². The predicted molar refractivity (Wildman–Crippen MR) is 110 cm³/mol. The second kappa shape index (κ2) is 9.37. The summed E-state index contributed by atoms with van der Waals surface area (Å²) >= 11 is 0. The summed E-state index contributed by atoms with van der Waals surface area (Å²) in [5.41, 5.74) is 0.431. The Labute approximate surface area is 179 Å². The van der Waals surface area contributed by atoms with E-state index in [2.05, 4.69) is 5.32 Å². The number of carbonyl (C=O) groups is 1. The van der Waals surface area contributed by atoms with Crippen molar-refractivity contribution in [3.05, 3.63) is 65.2 Å². The van der Waals surface area contributed by atoms with E-state index in [9.17, 15) is 26.4 Å². The van der Waals surface area contributed by atoms with Gasteiger partial charge in [0.2, 0.25) is 10.0 Å². The molecular formula is C21H24F3N3O3S. The number of amides is 1. The summed E-state index contributed by atoms with van der Waals surface area (Å²) in [6.07, 6.45) is -3.76. The first-order valence-electron chi connectivity index (χ1n) is 9.82. The van der Waals surface area contributed by atoms with Crippen molar-refractivity contribution in [3.63, 3.8) is 0 Å². The second-order valence-electron chi connectivity index (χ2n) is 7.33. The van der Waals surface area contributed by atoms with Crippen molar-refractivity contribution in [1.29, 1.82) is 0 Å². The highest BCUT2D eigenvalue weighted by Gasteiger charge is 2.30. The van der Waals surface area contributed by atoms with Crippen LogP contribution in [0.3, 0.4) is 0 Å². The molecule has 0 aliphatic carbocycles. The molecule has 1 heterocycles. The van der Waals surface area contributed by atoms with Gasteiger partial charge in [-0.25, -0.2) is 8.42 Å². The zero-order valence-corrected chi connectivity index (χ0v) is 17.8. The van der Waals surface area contributed by atoms with E-state index < -0.39 is 21.8 Å². The van der Waals surface area contributed by atoms with Crippen molar-refractivity contribution in [3.8, 4) is 0 Å². The summed E-state index contributed by atoms with van der Waals surface area (Å²) in [6, 6.07) is 10.8. The van der Waals surface area contributed by atoms with E-state index in [1.165, 1.54) is 47.8 Å². The molecule has 168 valence electrons. The predicted octanol–water partition coefficient (Wildman–Crippen LogP) is 2.96. The zero-order valence-electron chi connectivity index (χ0n) is 17.0. The molecule has 0 unspecified atom stereocenters. The summed E-state index contributed by atoms with van der Waals surface area (Å²) in [5, 5.41) is 2.49. The largest absolute Gasteiger partial charge is 0.416 e. The van der Waals surface area contributed by atoms with Gasteiger partial charge in [0.05, 0.1) is 10.5 Å². The number of nitrogens with one attached hydrogen (secondary N) is 1. The molecule has 10 heteroatoms. The van der Waals surface area contributed by atoms with E-state index in [1.807, 2.05) is 4.90 Å². The normalized spacial score (nSPS) is 16.6. The van der Waals surface area contributed by atoms with E-state index in [0.29, 0.717) is 38.2 Å². The third-order valence-corrected chi connectivity index (χ3v) is 7.13. The van der Waals surface area contributed by atoms with Crippen LogP contribution >= 0.6 is 0 Å². The Hall–Kier alpha value is -2.43. The Morgan fingerprint density at radius 2 is 1.61 bits per heavy atom. The van der Waals surface area contributed by atoms with Gasteiger partial charge in [0.15, 0.2) is 0 Å². The molecule has 1 fully saturated rings. The van der Waals surface area contributed by atoms with Gasteiger partial charge in [-0.2, -0.15) is 17.5 Å². The maximum absolute atomic E-state index is 13.0. The van der Waals surface area contributed by atoms with E-state index in [-0.39, 0.29) is 17.3 Å². The fraction of sp³-hybridized carbons (Fsp3) is 0.381. The van der Waals surface area contributed by atoms with Gasteiger partial charge in [0, 0.05) is 38.8 Å². The average molecular weight is 456 g/mol. The van der Waals surface area contributed by atoms with Gasteiger partial charge >= 0.3 is 6.18 Å². The average Bonchev–Trinajstić information content (AvgIpc) is 2.99. The Balaban J connectivity index is 1.64. The molecule has 3 rings (SSSR count). The Bertz CT molecular complexity index is 1010.